The first-order chi connectivity index (χ1) is 11.8. The molecule has 1 heterocycles. The number of halogens is 4. The monoisotopic (exact) mass is 349 g/mol. The summed E-state index contributed by atoms with van der Waals surface area (Å²) >= 11 is 0. The van der Waals surface area contributed by atoms with Gasteiger partial charge >= 0.3 is 6.18 Å². The van der Waals surface area contributed by atoms with Gasteiger partial charge in [0.25, 0.3) is 5.91 Å². The summed E-state index contributed by atoms with van der Waals surface area (Å²) < 4.78 is 51.8. The summed E-state index contributed by atoms with van der Waals surface area (Å²) in [5.74, 6) is -0.961. The highest BCUT2D eigenvalue weighted by Gasteiger charge is 2.30. The lowest BCUT2D eigenvalue weighted by Crippen LogP contribution is -2.13. The van der Waals surface area contributed by atoms with E-state index in [4.69, 9.17) is 0 Å². The maximum atomic E-state index is 12.9. The van der Waals surface area contributed by atoms with E-state index in [9.17, 15) is 22.4 Å². The van der Waals surface area contributed by atoms with Crippen LogP contribution in [0.25, 0.3) is 5.69 Å². The van der Waals surface area contributed by atoms with Gasteiger partial charge < -0.3 is 5.32 Å². The molecule has 0 aliphatic heterocycles. The van der Waals surface area contributed by atoms with E-state index in [2.05, 4.69) is 10.4 Å². The lowest BCUT2D eigenvalue weighted by Gasteiger charge is -2.08. The molecule has 0 spiro atoms. The van der Waals surface area contributed by atoms with Gasteiger partial charge in [-0.3, -0.25) is 4.79 Å². The number of nitrogens with zero attached hydrogens (tertiary/aromatic N) is 2. The van der Waals surface area contributed by atoms with Crippen LogP contribution >= 0.6 is 0 Å². The molecule has 0 bridgehead atoms. The van der Waals surface area contributed by atoms with Gasteiger partial charge in [-0.15, -0.1) is 0 Å². The number of alkyl halides is 3. The molecule has 2 aromatic carbocycles. The van der Waals surface area contributed by atoms with Crippen LogP contribution in [0, 0.1) is 5.82 Å². The Morgan fingerprint density at radius 3 is 2.20 bits per heavy atom. The first-order valence-corrected chi connectivity index (χ1v) is 7.13. The molecule has 0 unspecified atom stereocenters. The maximum absolute atomic E-state index is 12.9. The molecule has 8 heteroatoms. The van der Waals surface area contributed by atoms with Crippen LogP contribution in [0.2, 0.25) is 0 Å². The van der Waals surface area contributed by atoms with Crippen LogP contribution in [0.3, 0.4) is 0 Å². The summed E-state index contributed by atoms with van der Waals surface area (Å²) in [7, 11) is 0. The SMILES string of the molecule is O=C(Nc1ccc(C(F)(F)F)cc1)c1ccn(-c2ccc(F)cc2)n1. The third kappa shape index (κ3) is 3.85. The summed E-state index contributed by atoms with van der Waals surface area (Å²) in [6.45, 7) is 0. The van der Waals surface area contributed by atoms with Crippen molar-refractivity contribution in [3.05, 3.63) is 77.9 Å². The van der Waals surface area contributed by atoms with Crippen LogP contribution in [0.4, 0.5) is 23.2 Å². The minimum absolute atomic E-state index is 0.0734. The van der Waals surface area contributed by atoms with Gasteiger partial charge in [0.05, 0.1) is 11.3 Å². The van der Waals surface area contributed by atoms with Crippen molar-refractivity contribution in [3.8, 4) is 5.69 Å². The summed E-state index contributed by atoms with van der Waals surface area (Å²) in [5.41, 5.74) is 0.0552. The standard InChI is InChI=1S/C17H11F4N3O/c18-12-3-7-14(8-4-12)24-10-9-15(23-24)16(25)22-13-5-1-11(2-6-13)17(19,20)21/h1-10H,(H,22,25). The Kier molecular flexibility index (Phi) is 4.26. The molecule has 1 aromatic heterocycles. The fourth-order valence-electron chi connectivity index (χ4n) is 2.12. The minimum Gasteiger partial charge on any atom is -0.321 e. The molecule has 0 atom stereocenters. The molecule has 0 radical (unpaired) electrons. The summed E-state index contributed by atoms with van der Waals surface area (Å²) in [4.78, 5) is 12.1. The Hall–Kier alpha value is -3.16. The lowest BCUT2D eigenvalue weighted by molar-refractivity contribution is -0.137. The molecule has 3 aromatic rings. The number of carbonyl (C=O) groups is 1. The smallest absolute Gasteiger partial charge is 0.321 e. The van der Waals surface area contributed by atoms with Crippen LogP contribution in [0.5, 0.6) is 0 Å². The minimum atomic E-state index is -4.43. The van der Waals surface area contributed by atoms with Gasteiger partial charge in [0.1, 0.15) is 5.82 Å². The average Bonchev–Trinajstić information content (AvgIpc) is 3.05. The third-order valence-electron chi connectivity index (χ3n) is 3.38. The van der Waals surface area contributed by atoms with Crippen molar-refractivity contribution < 1.29 is 22.4 Å². The molecule has 3 rings (SSSR count). The summed E-state index contributed by atoms with van der Waals surface area (Å²) in [6.07, 6.45) is -2.91. The Labute approximate surface area is 139 Å². The van der Waals surface area contributed by atoms with Gasteiger partial charge in [0, 0.05) is 11.9 Å². The number of rotatable bonds is 3. The molecule has 0 fully saturated rings. The normalized spacial score (nSPS) is 11.4. The van der Waals surface area contributed by atoms with Crippen molar-refractivity contribution in [2.24, 2.45) is 0 Å². The molecule has 25 heavy (non-hydrogen) atoms. The fraction of sp³-hybridized carbons (Fsp3) is 0.0588. The first kappa shape index (κ1) is 16.7. The van der Waals surface area contributed by atoms with Gasteiger partial charge in [0.15, 0.2) is 5.69 Å². The topological polar surface area (TPSA) is 46.9 Å². The van der Waals surface area contributed by atoms with E-state index in [1.807, 2.05) is 0 Å². The highest BCUT2D eigenvalue weighted by molar-refractivity contribution is 6.02. The second-order valence-electron chi connectivity index (χ2n) is 5.15. The van der Waals surface area contributed by atoms with E-state index in [0.29, 0.717) is 5.69 Å². The molecular weight excluding hydrogens is 338 g/mol. The number of aromatic nitrogens is 2. The third-order valence-corrected chi connectivity index (χ3v) is 3.38. The van der Waals surface area contributed by atoms with Crippen molar-refractivity contribution in [3.63, 3.8) is 0 Å². The molecule has 128 valence electrons. The zero-order chi connectivity index (χ0) is 18.0. The molecular formula is C17H11F4N3O. The van der Waals surface area contributed by atoms with Gasteiger partial charge in [-0.2, -0.15) is 18.3 Å². The van der Waals surface area contributed by atoms with Crippen molar-refractivity contribution >= 4 is 11.6 Å². The van der Waals surface area contributed by atoms with Gasteiger partial charge in [-0.25, -0.2) is 9.07 Å². The number of carbonyl (C=O) groups excluding carboxylic acids is 1. The van der Waals surface area contributed by atoms with Gasteiger partial charge in [-0.05, 0) is 54.6 Å². The van der Waals surface area contributed by atoms with Crippen LogP contribution in [0.1, 0.15) is 16.1 Å². The highest BCUT2D eigenvalue weighted by Crippen LogP contribution is 2.29. The van der Waals surface area contributed by atoms with E-state index in [0.717, 1.165) is 24.3 Å². The van der Waals surface area contributed by atoms with Crippen molar-refractivity contribution in [2.75, 3.05) is 5.32 Å². The highest BCUT2D eigenvalue weighted by atomic mass is 19.4. The van der Waals surface area contributed by atoms with E-state index >= 15 is 0 Å². The van der Waals surface area contributed by atoms with Crippen LogP contribution in [-0.4, -0.2) is 15.7 Å². The number of benzene rings is 2. The molecule has 0 saturated carbocycles. The van der Waals surface area contributed by atoms with Crippen molar-refractivity contribution in [1.82, 2.24) is 9.78 Å². The molecule has 1 amide bonds. The zero-order valence-electron chi connectivity index (χ0n) is 12.6. The molecule has 0 aliphatic carbocycles. The number of nitrogens with one attached hydrogen (secondary N) is 1. The Morgan fingerprint density at radius 1 is 0.960 bits per heavy atom. The lowest BCUT2D eigenvalue weighted by atomic mass is 10.2. The van der Waals surface area contributed by atoms with Crippen LogP contribution in [0.15, 0.2) is 60.8 Å². The number of anilines is 1. The molecule has 4 nitrogen and oxygen atoms in total. The van der Waals surface area contributed by atoms with Crippen molar-refractivity contribution in [1.29, 1.82) is 0 Å². The fourth-order valence-corrected chi connectivity index (χ4v) is 2.12. The average molecular weight is 349 g/mol. The van der Waals surface area contributed by atoms with E-state index in [1.165, 1.54) is 41.2 Å². The Balaban J connectivity index is 1.72. The Bertz CT molecular complexity index is 884. The van der Waals surface area contributed by atoms with Crippen molar-refractivity contribution in [2.45, 2.75) is 6.18 Å². The summed E-state index contributed by atoms with van der Waals surface area (Å²) in [6, 6.07) is 11.1. The second kappa shape index (κ2) is 6.39. The predicted octanol–water partition coefficient (Wildman–Crippen LogP) is 4.28. The Morgan fingerprint density at radius 2 is 1.60 bits per heavy atom. The summed E-state index contributed by atoms with van der Waals surface area (Å²) in [5, 5.41) is 6.53. The van der Waals surface area contributed by atoms with E-state index < -0.39 is 23.5 Å². The van der Waals surface area contributed by atoms with E-state index in [1.54, 1.807) is 0 Å². The van der Waals surface area contributed by atoms with Crippen LogP contribution < -0.4 is 5.32 Å². The quantitative estimate of drug-likeness (QED) is 0.718. The van der Waals surface area contributed by atoms with Gasteiger partial charge in [-0.1, -0.05) is 0 Å². The second-order valence-corrected chi connectivity index (χ2v) is 5.15. The molecule has 0 saturated heterocycles. The number of hydrogen-bond donors (Lipinski definition) is 1. The number of amides is 1. The van der Waals surface area contributed by atoms with Crippen LogP contribution in [-0.2, 0) is 6.18 Å². The first-order valence-electron chi connectivity index (χ1n) is 7.13. The van der Waals surface area contributed by atoms with E-state index in [-0.39, 0.29) is 11.4 Å². The maximum Gasteiger partial charge on any atom is 0.416 e. The predicted molar refractivity (Wildman–Crippen MR) is 82.9 cm³/mol. The zero-order valence-corrected chi connectivity index (χ0v) is 12.6. The number of hydrogen-bond acceptors (Lipinski definition) is 2. The molecule has 0 aliphatic rings. The van der Waals surface area contributed by atoms with Gasteiger partial charge in [0.2, 0.25) is 0 Å². The largest absolute Gasteiger partial charge is 0.416 e. The molecule has 1 N–H and O–H groups in total.